The minimum absolute atomic E-state index is 0.0826. The average Bonchev–Trinajstić information content (AvgIpc) is 3.03. The van der Waals surface area contributed by atoms with Gasteiger partial charge < -0.3 is 20.4 Å². The predicted molar refractivity (Wildman–Crippen MR) is 97.0 cm³/mol. The van der Waals surface area contributed by atoms with Crippen molar-refractivity contribution in [3.63, 3.8) is 0 Å². The van der Waals surface area contributed by atoms with E-state index in [9.17, 15) is 18.0 Å². The molecule has 0 unspecified atom stereocenters. The number of carbonyl (C=O) groups is 1. The number of urea groups is 1. The molecule has 3 aromatic rings. The van der Waals surface area contributed by atoms with Crippen LogP contribution in [0, 0.1) is 0 Å². The Morgan fingerprint density at radius 2 is 2.00 bits per heavy atom. The Kier molecular flexibility index (Phi) is 5.25. The molecule has 5 nitrogen and oxygen atoms in total. The summed E-state index contributed by atoms with van der Waals surface area (Å²) in [6.45, 7) is 0.328. The predicted octanol–water partition coefficient (Wildman–Crippen LogP) is 4.56. The highest BCUT2D eigenvalue weighted by atomic mass is 19.4. The van der Waals surface area contributed by atoms with Crippen LogP contribution >= 0.6 is 0 Å². The molecule has 0 radical (unpaired) electrons. The quantitative estimate of drug-likeness (QED) is 0.610. The molecule has 0 aliphatic rings. The number of fused-ring (bicyclic) bond motifs is 1. The number of halogens is 3. The van der Waals surface area contributed by atoms with Crippen molar-refractivity contribution >= 4 is 22.6 Å². The van der Waals surface area contributed by atoms with Gasteiger partial charge in [-0.05, 0) is 48.4 Å². The Morgan fingerprint density at radius 3 is 2.74 bits per heavy atom. The molecule has 0 saturated heterocycles. The Bertz CT molecular complexity index is 951. The van der Waals surface area contributed by atoms with Gasteiger partial charge in [0, 0.05) is 29.3 Å². The van der Waals surface area contributed by atoms with Crippen LogP contribution in [0.1, 0.15) is 11.1 Å². The Balaban J connectivity index is 1.57. The highest BCUT2D eigenvalue weighted by Gasteiger charge is 2.30. The minimum atomic E-state index is -4.45. The number of H-pyrrole nitrogens is 1. The second-order valence-corrected chi connectivity index (χ2v) is 5.93. The molecule has 0 aliphatic carbocycles. The van der Waals surface area contributed by atoms with Crippen LogP contribution in [-0.4, -0.2) is 24.7 Å². The Morgan fingerprint density at radius 1 is 1.19 bits per heavy atom. The van der Waals surface area contributed by atoms with Gasteiger partial charge in [0.05, 0.1) is 12.7 Å². The number of anilines is 1. The molecule has 3 rings (SSSR count). The SMILES string of the molecule is COc1ccc2[nH]cc(CCNC(=O)Nc3cccc(C(F)(F)F)c3)c2c1. The molecule has 1 heterocycles. The Labute approximate surface area is 153 Å². The summed E-state index contributed by atoms with van der Waals surface area (Å²) in [5, 5.41) is 6.05. The Hall–Kier alpha value is -3.16. The van der Waals surface area contributed by atoms with Crippen molar-refractivity contribution in [2.75, 3.05) is 19.0 Å². The number of aromatic amines is 1. The number of rotatable bonds is 5. The van der Waals surface area contributed by atoms with Gasteiger partial charge in [0.2, 0.25) is 0 Å². The third-order valence-corrected chi connectivity index (χ3v) is 4.10. The summed E-state index contributed by atoms with van der Waals surface area (Å²) in [6, 6.07) is 9.60. The van der Waals surface area contributed by atoms with E-state index in [4.69, 9.17) is 4.74 Å². The molecule has 0 fully saturated rings. The summed E-state index contributed by atoms with van der Waals surface area (Å²) in [7, 11) is 1.59. The first-order chi connectivity index (χ1) is 12.9. The van der Waals surface area contributed by atoms with Gasteiger partial charge in [-0.3, -0.25) is 0 Å². The molecular formula is C19H18F3N3O2. The highest BCUT2D eigenvalue weighted by molar-refractivity contribution is 5.89. The number of hydrogen-bond donors (Lipinski definition) is 3. The van der Waals surface area contributed by atoms with E-state index in [2.05, 4.69) is 15.6 Å². The molecule has 2 aromatic carbocycles. The van der Waals surface area contributed by atoms with Gasteiger partial charge in [-0.25, -0.2) is 4.79 Å². The van der Waals surface area contributed by atoms with Crippen LogP contribution in [0.2, 0.25) is 0 Å². The lowest BCUT2D eigenvalue weighted by Crippen LogP contribution is -2.30. The molecular weight excluding hydrogens is 359 g/mol. The van der Waals surface area contributed by atoms with Gasteiger partial charge >= 0.3 is 12.2 Å². The zero-order valence-electron chi connectivity index (χ0n) is 14.5. The van der Waals surface area contributed by atoms with Crippen LogP contribution in [0.4, 0.5) is 23.7 Å². The van der Waals surface area contributed by atoms with E-state index in [1.807, 2.05) is 24.4 Å². The third-order valence-electron chi connectivity index (χ3n) is 4.10. The molecule has 0 atom stereocenters. The van der Waals surface area contributed by atoms with Gasteiger partial charge in [0.15, 0.2) is 0 Å². The monoisotopic (exact) mass is 377 g/mol. The molecule has 27 heavy (non-hydrogen) atoms. The summed E-state index contributed by atoms with van der Waals surface area (Å²) < 4.78 is 43.3. The van der Waals surface area contributed by atoms with E-state index in [0.717, 1.165) is 34.3 Å². The normalized spacial score (nSPS) is 11.4. The molecule has 1 aromatic heterocycles. The van der Waals surface area contributed by atoms with Gasteiger partial charge in [-0.15, -0.1) is 0 Å². The third kappa shape index (κ3) is 4.52. The molecule has 2 amide bonds. The van der Waals surface area contributed by atoms with Crippen molar-refractivity contribution < 1.29 is 22.7 Å². The van der Waals surface area contributed by atoms with E-state index in [-0.39, 0.29) is 5.69 Å². The second-order valence-electron chi connectivity index (χ2n) is 5.93. The van der Waals surface area contributed by atoms with Crippen molar-refractivity contribution in [2.45, 2.75) is 12.6 Å². The molecule has 0 spiro atoms. The van der Waals surface area contributed by atoms with Crippen molar-refractivity contribution in [3.8, 4) is 5.75 Å². The van der Waals surface area contributed by atoms with Crippen LogP contribution in [-0.2, 0) is 12.6 Å². The van der Waals surface area contributed by atoms with Crippen LogP contribution < -0.4 is 15.4 Å². The summed E-state index contributed by atoms with van der Waals surface area (Å²) in [6.07, 6.45) is -2.04. The molecule has 8 heteroatoms. The standard InChI is InChI=1S/C19H18F3N3O2/c1-27-15-5-6-17-16(10-15)12(11-24-17)7-8-23-18(26)25-14-4-2-3-13(9-14)19(20,21)22/h2-6,9-11,24H,7-8H2,1H3,(H2,23,25,26). The average molecular weight is 377 g/mol. The number of nitrogens with one attached hydrogen (secondary N) is 3. The number of benzene rings is 2. The zero-order chi connectivity index (χ0) is 19.4. The summed E-state index contributed by atoms with van der Waals surface area (Å²) in [5.41, 5.74) is 1.23. The first-order valence-electron chi connectivity index (χ1n) is 8.23. The number of methoxy groups -OCH3 is 1. The largest absolute Gasteiger partial charge is 0.497 e. The molecule has 0 saturated carbocycles. The van der Waals surface area contributed by atoms with E-state index in [1.54, 1.807) is 7.11 Å². The maximum absolute atomic E-state index is 12.7. The fourth-order valence-electron chi connectivity index (χ4n) is 2.75. The number of carbonyl (C=O) groups excluding carboxylic acids is 1. The number of amides is 2. The van der Waals surface area contributed by atoms with Gasteiger partial charge in [-0.2, -0.15) is 13.2 Å². The first kappa shape index (κ1) is 18.6. The summed E-state index contributed by atoms with van der Waals surface area (Å²) in [5.74, 6) is 0.735. The molecule has 0 bridgehead atoms. The lowest BCUT2D eigenvalue weighted by Gasteiger charge is -2.10. The van der Waals surface area contributed by atoms with E-state index < -0.39 is 17.8 Å². The number of aromatic nitrogens is 1. The molecule has 3 N–H and O–H groups in total. The van der Waals surface area contributed by atoms with Crippen LogP contribution in [0.5, 0.6) is 5.75 Å². The van der Waals surface area contributed by atoms with E-state index >= 15 is 0 Å². The van der Waals surface area contributed by atoms with Crippen molar-refractivity contribution in [1.82, 2.24) is 10.3 Å². The molecule has 0 aliphatic heterocycles. The van der Waals surface area contributed by atoms with Crippen LogP contribution in [0.15, 0.2) is 48.7 Å². The van der Waals surface area contributed by atoms with Gasteiger partial charge in [0.1, 0.15) is 5.75 Å². The fourth-order valence-corrected chi connectivity index (χ4v) is 2.75. The van der Waals surface area contributed by atoms with Crippen molar-refractivity contribution in [3.05, 3.63) is 59.8 Å². The van der Waals surface area contributed by atoms with E-state index in [0.29, 0.717) is 13.0 Å². The number of ether oxygens (including phenoxy) is 1. The minimum Gasteiger partial charge on any atom is -0.497 e. The van der Waals surface area contributed by atoms with Gasteiger partial charge in [-0.1, -0.05) is 6.07 Å². The molecule has 142 valence electrons. The topological polar surface area (TPSA) is 66.1 Å². The smallest absolute Gasteiger partial charge is 0.416 e. The zero-order valence-corrected chi connectivity index (χ0v) is 14.5. The lowest BCUT2D eigenvalue weighted by molar-refractivity contribution is -0.137. The van der Waals surface area contributed by atoms with E-state index in [1.165, 1.54) is 12.1 Å². The fraction of sp³-hybridized carbons (Fsp3) is 0.211. The maximum atomic E-state index is 12.7. The number of alkyl halides is 3. The second kappa shape index (κ2) is 7.61. The summed E-state index contributed by atoms with van der Waals surface area (Å²) in [4.78, 5) is 15.1. The number of hydrogen-bond acceptors (Lipinski definition) is 2. The van der Waals surface area contributed by atoms with Crippen molar-refractivity contribution in [2.24, 2.45) is 0 Å². The van der Waals surface area contributed by atoms with Gasteiger partial charge in [0.25, 0.3) is 0 Å². The maximum Gasteiger partial charge on any atom is 0.416 e. The first-order valence-corrected chi connectivity index (χ1v) is 8.23. The van der Waals surface area contributed by atoms with Crippen LogP contribution in [0.3, 0.4) is 0 Å². The summed E-state index contributed by atoms with van der Waals surface area (Å²) >= 11 is 0. The highest BCUT2D eigenvalue weighted by Crippen LogP contribution is 2.30. The van der Waals surface area contributed by atoms with Crippen LogP contribution in [0.25, 0.3) is 10.9 Å². The van der Waals surface area contributed by atoms with Crippen molar-refractivity contribution in [1.29, 1.82) is 0 Å². The lowest BCUT2D eigenvalue weighted by atomic mass is 10.1.